The molecule has 0 aromatic heterocycles. The van der Waals surface area contributed by atoms with Gasteiger partial charge >= 0.3 is 5.97 Å². The summed E-state index contributed by atoms with van der Waals surface area (Å²) in [6, 6.07) is 13.7. The highest BCUT2D eigenvalue weighted by molar-refractivity contribution is 6.07. The highest BCUT2D eigenvalue weighted by Gasteiger charge is 2.22. The van der Waals surface area contributed by atoms with Crippen molar-refractivity contribution >= 4 is 22.7 Å². The maximum atomic E-state index is 12.3. The zero-order chi connectivity index (χ0) is 22.3. The molecule has 4 rings (SSSR count). The molecule has 1 aliphatic heterocycles. The number of carboxylic acids is 1. The van der Waals surface area contributed by atoms with E-state index < -0.39 is 5.97 Å². The molecule has 2 aromatic carbocycles. The summed E-state index contributed by atoms with van der Waals surface area (Å²) in [5.74, 6) is -0.945. The van der Waals surface area contributed by atoms with E-state index in [4.69, 9.17) is 4.42 Å². The fourth-order valence-corrected chi connectivity index (χ4v) is 3.65. The number of phenols is 1. The number of carboxylic acid groups (broad SMARTS) is 1. The van der Waals surface area contributed by atoms with Crippen molar-refractivity contribution in [3.05, 3.63) is 75.9 Å². The number of carbonyl (C=O) groups is 2. The van der Waals surface area contributed by atoms with Crippen LogP contribution in [0.5, 0.6) is 5.75 Å². The van der Waals surface area contributed by atoms with Gasteiger partial charge in [-0.1, -0.05) is 19.9 Å². The second-order valence-electron chi connectivity index (χ2n) is 7.80. The fourth-order valence-electron chi connectivity index (χ4n) is 3.65. The summed E-state index contributed by atoms with van der Waals surface area (Å²) in [6.07, 6.45) is 0.184. The molecule has 0 spiro atoms. The molecule has 0 amide bonds. The van der Waals surface area contributed by atoms with Crippen molar-refractivity contribution in [2.75, 3.05) is 0 Å². The Bertz CT molecular complexity index is 1360. The number of fused-ring (bicyclic) bond motifs is 2. The predicted molar refractivity (Wildman–Crippen MR) is 117 cm³/mol. The molecule has 6 nitrogen and oxygen atoms in total. The van der Waals surface area contributed by atoms with E-state index in [9.17, 15) is 24.6 Å². The number of ketones is 1. The Balaban J connectivity index is 2.08. The highest BCUT2D eigenvalue weighted by Crippen LogP contribution is 2.42. The molecular weight excluding hydrogens is 396 g/mol. The van der Waals surface area contributed by atoms with Crippen molar-refractivity contribution < 1.29 is 24.2 Å². The van der Waals surface area contributed by atoms with Crippen molar-refractivity contribution in [3.63, 3.8) is 0 Å². The van der Waals surface area contributed by atoms with Crippen LogP contribution >= 0.6 is 0 Å². The maximum absolute atomic E-state index is 12.3. The molecule has 31 heavy (non-hydrogen) atoms. The predicted octanol–water partition coefficient (Wildman–Crippen LogP) is 4.74. The normalized spacial score (nSPS) is 11.3. The van der Waals surface area contributed by atoms with E-state index in [1.54, 1.807) is 24.3 Å². The molecule has 0 saturated carbocycles. The van der Waals surface area contributed by atoms with E-state index in [0.29, 0.717) is 33.2 Å². The monoisotopic (exact) mass is 416 g/mol. The molecular formula is C25H20O6. The Morgan fingerprint density at radius 2 is 1.74 bits per heavy atom. The minimum Gasteiger partial charge on any atom is -0.508 e. The Hall–Kier alpha value is -3.93. The van der Waals surface area contributed by atoms with E-state index in [0.717, 1.165) is 0 Å². The van der Waals surface area contributed by atoms with Crippen LogP contribution in [-0.2, 0) is 11.2 Å². The van der Waals surface area contributed by atoms with Gasteiger partial charge in [0.2, 0.25) is 0 Å². The lowest BCUT2D eigenvalue weighted by Crippen LogP contribution is -2.11. The van der Waals surface area contributed by atoms with Crippen molar-refractivity contribution in [2.45, 2.75) is 20.3 Å². The van der Waals surface area contributed by atoms with E-state index in [1.165, 1.54) is 30.3 Å². The molecule has 156 valence electrons. The van der Waals surface area contributed by atoms with Crippen molar-refractivity contribution in [1.29, 1.82) is 0 Å². The largest absolute Gasteiger partial charge is 0.508 e. The number of aromatic carboxylic acids is 1. The van der Waals surface area contributed by atoms with Gasteiger partial charge in [0, 0.05) is 41.0 Å². The molecule has 0 atom stereocenters. The van der Waals surface area contributed by atoms with Crippen LogP contribution in [-0.4, -0.2) is 22.0 Å². The van der Waals surface area contributed by atoms with Gasteiger partial charge in [0.25, 0.3) is 0 Å². The highest BCUT2D eigenvalue weighted by atomic mass is 16.4. The van der Waals surface area contributed by atoms with Gasteiger partial charge in [-0.05, 0) is 47.5 Å². The molecule has 2 N–H and O–H groups in total. The summed E-state index contributed by atoms with van der Waals surface area (Å²) >= 11 is 0. The van der Waals surface area contributed by atoms with E-state index in [2.05, 4.69) is 0 Å². The van der Waals surface area contributed by atoms with Gasteiger partial charge in [-0.15, -0.1) is 0 Å². The summed E-state index contributed by atoms with van der Waals surface area (Å²) < 4.78 is 5.84. The third kappa shape index (κ3) is 3.80. The van der Waals surface area contributed by atoms with E-state index >= 15 is 0 Å². The minimum atomic E-state index is -1.11. The fraction of sp³-hybridized carbons (Fsp3) is 0.160. The number of phenolic OH excluding ortho intramolecular Hbond substituents is 1. The number of aromatic hydroxyl groups is 1. The van der Waals surface area contributed by atoms with Gasteiger partial charge in [0.1, 0.15) is 22.9 Å². The first-order valence-electron chi connectivity index (χ1n) is 9.83. The van der Waals surface area contributed by atoms with E-state index in [1.807, 2.05) is 13.8 Å². The molecule has 0 fully saturated rings. The summed E-state index contributed by atoms with van der Waals surface area (Å²) in [7, 11) is 0. The molecule has 0 bridgehead atoms. The average molecular weight is 416 g/mol. The molecule has 1 heterocycles. The third-order valence-electron chi connectivity index (χ3n) is 5.28. The molecule has 6 heteroatoms. The number of hydrogen-bond acceptors (Lipinski definition) is 5. The van der Waals surface area contributed by atoms with Gasteiger partial charge < -0.3 is 14.6 Å². The first kappa shape index (κ1) is 20.3. The number of rotatable bonds is 5. The third-order valence-corrected chi connectivity index (χ3v) is 5.28. The van der Waals surface area contributed by atoms with Crippen molar-refractivity contribution in [2.24, 2.45) is 5.92 Å². The van der Waals surface area contributed by atoms with Crippen molar-refractivity contribution in [3.8, 4) is 28.2 Å². The molecule has 2 aromatic rings. The first-order chi connectivity index (χ1) is 14.7. The van der Waals surface area contributed by atoms with Gasteiger partial charge in [-0.2, -0.15) is 0 Å². The Labute approximate surface area is 177 Å². The summed E-state index contributed by atoms with van der Waals surface area (Å²) in [6.45, 7) is 3.64. The van der Waals surface area contributed by atoms with Crippen LogP contribution in [0, 0.1) is 5.92 Å². The zero-order valence-corrected chi connectivity index (χ0v) is 17.0. The van der Waals surface area contributed by atoms with Crippen LogP contribution in [0.25, 0.3) is 33.4 Å². The van der Waals surface area contributed by atoms with Crippen LogP contribution in [0.4, 0.5) is 0 Å². The van der Waals surface area contributed by atoms with Gasteiger partial charge in [0.15, 0.2) is 5.43 Å². The number of carbonyl (C=O) groups excluding carboxylic acids is 1. The van der Waals surface area contributed by atoms with Crippen LogP contribution in [0.2, 0.25) is 0 Å². The summed E-state index contributed by atoms with van der Waals surface area (Å²) in [4.78, 5) is 36.2. The molecule has 0 saturated heterocycles. The average Bonchev–Trinajstić information content (AvgIpc) is 2.71. The standard InChI is InChI=1S/C25H20O6/c1-13(2)21(28)10-14-3-6-17(25(29)30)20(9-14)24-18-7-4-15(26)11-22(18)31-23-12-16(27)5-8-19(23)24/h3-9,11-13,26H,10H2,1-2H3,(H,29,30). The smallest absolute Gasteiger partial charge is 0.336 e. The van der Waals surface area contributed by atoms with Crippen molar-refractivity contribution in [1.82, 2.24) is 0 Å². The number of Topliss-reactive ketones (excluding diaryl/α,β-unsaturated/α-hetero) is 1. The van der Waals surface area contributed by atoms with Crippen LogP contribution in [0.15, 0.2) is 63.8 Å². The molecule has 0 radical (unpaired) electrons. The zero-order valence-electron chi connectivity index (χ0n) is 17.0. The van der Waals surface area contributed by atoms with Crippen LogP contribution in [0.3, 0.4) is 0 Å². The Morgan fingerprint density at radius 1 is 0.968 bits per heavy atom. The van der Waals surface area contributed by atoms with Gasteiger partial charge in [0.05, 0.1) is 5.56 Å². The number of hydrogen-bond donors (Lipinski definition) is 2. The summed E-state index contributed by atoms with van der Waals surface area (Å²) in [5.41, 5.74) is 2.36. The van der Waals surface area contributed by atoms with Gasteiger partial charge in [-0.25, -0.2) is 4.79 Å². The summed E-state index contributed by atoms with van der Waals surface area (Å²) in [5, 5.41) is 20.3. The molecule has 1 aliphatic carbocycles. The lowest BCUT2D eigenvalue weighted by molar-refractivity contribution is -0.121. The molecule has 2 aliphatic rings. The van der Waals surface area contributed by atoms with Crippen LogP contribution < -0.4 is 5.43 Å². The molecule has 0 unspecified atom stereocenters. The topological polar surface area (TPSA) is 105 Å². The number of benzene rings is 3. The SMILES string of the molecule is CC(C)C(=O)Cc1ccc(C(=O)O)c(-c2c3ccc(=O)cc-3oc3cc(O)ccc23)c1. The lowest BCUT2D eigenvalue weighted by atomic mass is 9.88. The van der Waals surface area contributed by atoms with E-state index in [-0.39, 0.29) is 40.6 Å². The van der Waals surface area contributed by atoms with Crippen LogP contribution in [0.1, 0.15) is 29.8 Å². The minimum absolute atomic E-state index is 0.0189. The van der Waals surface area contributed by atoms with Gasteiger partial charge in [-0.3, -0.25) is 9.59 Å². The lowest BCUT2D eigenvalue weighted by Gasteiger charge is -2.17. The Kier molecular flexibility index (Phi) is 5.07. The second-order valence-corrected chi connectivity index (χ2v) is 7.80. The quantitative estimate of drug-likeness (QED) is 0.456. The Morgan fingerprint density at radius 3 is 2.45 bits per heavy atom. The first-order valence-corrected chi connectivity index (χ1v) is 9.83. The second kappa shape index (κ2) is 7.72. The maximum Gasteiger partial charge on any atom is 0.336 e.